The third-order valence-corrected chi connectivity index (χ3v) is 3.89. The van der Waals surface area contributed by atoms with Crippen molar-refractivity contribution in [3.63, 3.8) is 0 Å². The summed E-state index contributed by atoms with van der Waals surface area (Å²) in [5.41, 5.74) is 0.199. The van der Waals surface area contributed by atoms with E-state index < -0.39 is 0 Å². The molecule has 0 aliphatic carbocycles. The summed E-state index contributed by atoms with van der Waals surface area (Å²) >= 11 is 0. The van der Waals surface area contributed by atoms with Gasteiger partial charge in [0.25, 0.3) is 0 Å². The predicted molar refractivity (Wildman–Crippen MR) is 75.6 cm³/mol. The Kier molecular flexibility index (Phi) is 6.09. The molecule has 1 saturated heterocycles. The van der Waals surface area contributed by atoms with Gasteiger partial charge in [0.1, 0.15) is 0 Å². The molecule has 4 nitrogen and oxygen atoms in total. The second kappa shape index (κ2) is 7.10. The fourth-order valence-electron chi connectivity index (χ4n) is 1.99. The lowest BCUT2D eigenvalue weighted by molar-refractivity contribution is -0.125. The van der Waals surface area contributed by atoms with Gasteiger partial charge < -0.3 is 15.5 Å². The summed E-state index contributed by atoms with van der Waals surface area (Å²) in [6.07, 6.45) is 1.08. The van der Waals surface area contributed by atoms with E-state index in [0.29, 0.717) is 0 Å². The van der Waals surface area contributed by atoms with Gasteiger partial charge in [0.2, 0.25) is 5.91 Å². The van der Waals surface area contributed by atoms with Crippen molar-refractivity contribution in [1.82, 2.24) is 15.5 Å². The maximum atomic E-state index is 12.0. The van der Waals surface area contributed by atoms with Gasteiger partial charge in [0.05, 0.1) is 0 Å². The number of nitrogens with one attached hydrogen (secondary N) is 2. The van der Waals surface area contributed by atoms with Gasteiger partial charge in [0.15, 0.2) is 0 Å². The molecule has 1 rings (SSSR count). The first kappa shape index (κ1) is 15.4. The summed E-state index contributed by atoms with van der Waals surface area (Å²) in [6, 6.07) is 0. The minimum Gasteiger partial charge on any atom is -0.355 e. The lowest BCUT2D eigenvalue weighted by Crippen LogP contribution is -2.47. The van der Waals surface area contributed by atoms with Gasteiger partial charge in [0, 0.05) is 45.2 Å². The van der Waals surface area contributed by atoms with Crippen molar-refractivity contribution in [1.29, 1.82) is 0 Å². The summed E-state index contributed by atoms with van der Waals surface area (Å²) < 4.78 is 0. The van der Waals surface area contributed by atoms with Crippen molar-refractivity contribution >= 4 is 5.91 Å². The van der Waals surface area contributed by atoms with Gasteiger partial charge in [-0.25, -0.2) is 0 Å². The van der Waals surface area contributed by atoms with E-state index in [0.717, 1.165) is 45.7 Å². The lowest BCUT2D eigenvalue weighted by atomic mass is 9.90. The SMILES string of the molecule is CCC(C)(C)CNC(=O)C(C)CN1CCNCC1. The molecule has 0 bridgehead atoms. The van der Waals surface area contributed by atoms with Crippen LogP contribution in [0.1, 0.15) is 34.1 Å². The average molecular weight is 255 g/mol. The van der Waals surface area contributed by atoms with Crippen molar-refractivity contribution < 1.29 is 4.79 Å². The number of hydrogen-bond donors (Lipinski definition) is 2. The van der Waals surface area contributed by atoms with Gasteiger partial charge in [-0.2, -0.15) is 0 Å². The highest BCUT2D eigenvalue weighted by molar-refractivity contribution is 5.78. The van der Waals surface area contributed by atoms with Crippen molar-refractivity contribution in [3.05, 3.63) is 0 Å². The van der Waals surface area contributed by atoms with Crippen LogP contribution < -0.4 is 10.6 Å². The van der Waals surface area contributed by atoms with E-state index in [9.17, 15) is 4.79 Å². The summed E-state index contributed by atoms with van der Waals surface area (Å²) in [4.78, 5) is 14.4. The average Bonchev–Trinajstić information content (AvgIpc) is 2.37. The zero-order valence-corrected chi connectivity index (χ0v) is 12.4. The van der Waals surface area contributed by atoms with Crippen LogP contribution in [-0.2, 0) is 4.79 Å². The number of piperazine rings is 1. The summed E-state index contributed by atoms with van der Waals surface area (Å²) in [6.45, 7) is 14.4. The zero-order chi connectivity index (χ0) is 13.6. The minimum absolute atomic E-state index is 0.0794. The molecule has 0 radical (unpaired) electrons. The Bertz CT molecular complexity index is 260. The second-order valence-electron chi connectivity index (χ2n) is 6.19. The number of hydrogen-bond acceptors (Lipinski definition) is 3. The third kappa shape index (κ3) is 5.36. The third-order valence-electron chi connectivity index (χ3n) is 3.89. The highest BCUT2D eigenvalue weighted by Crippen LogP contribution is 2.17. The van der Waals surface area contributed by atoms with Crippen molar-refractivity contribution in [3.8, 4) is 0 Å². The Hall–Kier alpha value is -0.610. The van der Waals surface area contributed by atoms with Crippen molar-refractivity contribution in [2.24, 2.45) is 11.3 Å². The van der Waals surface area contributed by atoms with Crippen LogP contribution in [0.25, 0.3) is 0 Å². The van der Waals surface area contributed by atoms with Crippen LogP contribution in [-0.4, -0.2) is 50.1 Å². The van der Waals surface area contributed by atoms with Crippen LogP contribution in [0.15, 0.2) is 0 Å². The van der Waals surface area contributed by atoms with E-state index >= 15 is 0 Å². The maximum absolute atomic E-state index is 12.0. The van der Waals surface area contributed by atoms with E-state index in [1.165, 1.54) is 0 Å². The number of carbonyl (C=O) groups is 1. The van der Waals surface area contributed by atoms with Crippen LogP contribution in [0.3, 0.4) is 0 Å². The van der Waals surface area contributed by atoms with Crippen LogP contribution in [0.2, 0.25) is 0 Å². The molecular formula is C14H29N3O. The van der Waals surface area contributed by atoms with Crippen molar-refractivity contribution in [2.75, 3.05) is 39.3 Å². The molecule has 1 aliphatic heterocycles. The van der Waals surface area contributed by atoms with Crippen LogP contribution in [0.4, 0.5) is 0 Å². The molecule has 1 atom stereocenters. The van der Waals surface area contributed by atoms with E-state index in [-0.39, 0.29) is 17.2 Å². The predicted octanol–water partition coefficient (Wildman–Crippen LogP) is 1.08. The molecule has 0 aromatic heterocycles. The van der Waals surface area contributed by atoms with Crippen LogP contribution in [0.5, 0.6) is 0 Å². The van der Waals surface area contributed by atoms with Crippen molar-refractivity contribution in [2.45, 2.75) is 34.1 Å². The largest absolute Gasteiger partial charge is 0.355 e. The van der Waals surface area contributed by atoms with Gasteiger partial charge >= 0.3 is 0 Å². The maximum Gasteiger partial charge on any atom is 0.224 e. The van der Waals surface area contributed by atoms with Gasteiger partial charge in [-0.3, -0.25) is 4.79 Å². The lowest BCUT2D eigenvalue weighted by Gasteiger charge is -2.30. The smallest absolute Gasteiger partial charge is 0.224 e. The molecule has 1 fully saturated rings. The fourth-order valence-corrected chi connectivity index (χ4v) is 1.99. The topological polar surface area (TPSA) is 44.4 Å². The minimum atomic E-state index is 0.0794. The molecule has 1 unspecified atom stereocenters. The first-order chi connectivity index (χ1) is 8.44. The number of carbonyl (C=O) groups excluding carboxylic acids is 1. The van der Waals surface area contributed by atoms with Gasteiger partial charge in [-0.15, -0.1) is 0 Å². The second-order valence-corrected chi connectivity index (χ2v) is 6.19. The summed E-state index contributed by atoms with van der Waals surface area (Å²) in [5, 5.41) is 6.41. The highest BCUT2D eigenvalue weighted by atomic mass is 16.1. The first-order valence-electron chi connectivity index (χ1n) is 7.15. The number of amides is 1. The Labute approximate surface area is 111 Å². The monoisotopic (exact) mass is 255 g/mol. The Morgan fingerprint density at radius 3 is 2.56 bits per heavy atom. The zero-order valence-electron chi connectivity index (χ0n) is 12.4. The molecule has 0 saturated carbocycles. The molecule has 4 heteroatoms. The quantitative estimate of drug-likeness (QED) is 0.746. The van der Waals surface area contributed by atoms with E-state index in [2.05, 4.69) is 36.3 Å². The molecule has 1 heterocycles. The molecule has 1 amide bonds. The first-order valence-corrected chi connectivity index (χ1v) is 7.15. The molecule has 106 valence electrons. The van der Waals surface area contributed by atoms with E-state index in [1.807, 2.05) is 6.92 Å². The van der Waals surface area contributed by atoms with Crippen LogP contribution >= 0.6 is 0 Å². The molecule has 2 N–H and O–H groups in total. The summed E-state index contributed by atoms with van der Waals surface area (Å²) in [5.74, 6) is 0.269. The Morgan fingerprint density at radius 1 is 1.39 bits per heavy atom. The molecule has 0 aromatic rings. The van der Waals surface area contributed by atoms with Gasteiger partial charge in [-0.05, 0) is 11.8 Å². The normalized spacial score (nSPS) is 19.6. The Morgan fingerprint density at radius 2 is 2.00 bits per heavy atom. The highest BCUT2D eigenvalue weighted by Gasteiger charge is 2.21. The fraction of sp³-hybridized carbons (Fsp3) is 0.929. The Balaban J connectivity index is 2.27. The molecule has 0 spiro atoms. The standard InChI is InChI=1S/C14H29N3O/c1-5-14(3,4)11-16-13(18)12(2)10-17-8-6-15-7-9-17/h12,15H,5-11H2,1-4H3,(H,16,18). The number of rotatable bonds is 6. The molecule has 1 aliphatic rings. The van der Waals surface area contributed by atoms with E-state index in [4.69, 9.17) is 0 Å². The van der Waals surface area contributed by atoms with E-state index in [1.54, 1.807) is 0 Å². The van der Waals surface area contributed by atoms with Gasteiger partial charge in [-0.1, -0.05) is 27.7 Å². The molecular weight excluding hydrogens is 226 g/mol. The molecule has 0 aromatic carbocycles. The van der Waals surface area contributed by atoms with Crippen LogP contribution in [0, 0.1) is 11.3 Å². The number of nitrogens with zero attached hydrogens (tertiary/aromatic N) is 1. The molecule has 18 heavy (non-hydrogen) atoms. The summed E-state index contributed by atoms with van der Waals surface area (Å²) in [7, 11) is 0.